The van der Waals surface area contributed by atoms with E-state index in [1.165, 1.54) is 11.3 Å². The number of primary amides is 1. The fourth-order valence-corrected chi connectivity index (χ4v) is 5.28. The van der Waals surface area contributed by atoms with Crippen LogP contribution in [0, 0.1) is 0 Å². The summed E-state index contributed by atoms with van der Waals surface area (Å²) < 4.78 is 5.89. The van der Waals surface area contributed by atoms with Crippen LogP contribution in [0.25, 0.3) is 0 Å². The molecule has 3 amide bonds. The second kappa shape index (κ2) is 9.89. The van der Waals surface area contributed by atoms with Crippen LogP contribution in [0.3, 0.4) is 0 Å². The predicted octanol–water partition coefficient (Wildman–Crippen LogP) is 3.99. The Kier molecular flexibility index (Phi) is 7.43. The Morgan fingerprint density at radius 2 is 1.91 bits per heavy atom. The molecule has 1 unspecified atom stereocenters. The molecule has 1 aromatic heterocycles. The van der Waals surface area contributed by atoms with E-state index in [1.807, 2.05) is 13.8 Å². The third-order valence-corrected chi connectivity index (χ3v) is 6.70. The van der Waals surface area contributed by atoms with Crippen molar-refractivity contribution in [1.82, 2.24) is 0 Å². The number of likely N-dealkylation sites (N-methyl/N-ethyl adjacent to an activating group) is 1. The number of carbonyl (C=O) groups excluding carboxylic acids is 3. The Bertz CT molecular complexity index is 1020. The van der Waals surface area contributed by atoms with Gasteiger partial charge in [-0.25, -0.2) is 4.79 Å². The molecule has 10 heteroatoms. The number of nitrogens with two attached hydrogens (primary N) is 1. The number of benzene rings is 1. The molecular weight excluding hydrogens is 452 g/mol. The van der Waals surface area contributed by atoms with Crippen LogP contribution in [-0.2, 0) is 22.5 Å². The van der Waals surface area contributed by atoms with Crippen molar-refractivity contribution in [2.45, 2.75) is 39.3 Å². The third-order valence-electron chi connectivity index (χ3n) is 5.32. The highest BCUT2D eigenvalue weighted by Gasteiger charge is 2.35. The lowest BCUT2D eigenvalue weighted by atomic mass is 10.0. The van der Waals surface area contributed by atoms with Crippen molar-refractivity contribution >= 4 is 51.5 Å². The van der Waals surface area contributed by atoms with Crippen LogP contribution in [0.15, 0.2) is 24.3 Å². The normalized spacial score (nSPS) is 17.5. The first kappa shape index (κ1) is 24.0. The molecule has 1 atom stereocenters. The summed E-state index contributed by atoms with van der Waals surface area (Å²) in [6, 6.07) is 6.24. The zero-order chi connectivity index (χ0) is 23.5. The van der Waals surface area contributed by atoms with Gasteiger partial charge in [0.05, 0.1) is 43.1 Å². The third kappa shape index (κ3) is 5.99. The molecule has 0 spiro atoms. The van der Waals surface area contributed by atoms with Crippen LogP contribution < -0.4 is 16.4 Å². The molecule has 8 nitrogen and oxygen atoms in total. The maximum atomic E-state index is 12.5. The highest BCUT2D eigenvalue weighted by Crippen LogP contribution is 2.38. The van der Waals surface area contributed by atoms with Crippen molar-refractivity contribution in [2.75, 3.05) is 30.8 Å². The van der Waals surface area contributed by atoms with Gasteiger partial charge in [-0.2, -0.15) is 0 Å². The molecule has 0 fully saturated rings. The summed E-state index contributed by atoms with van der Waals surface area (Å²) >= 11 is 7.22. The van der Waals surface area contributed by atoms with Gasteiger partial charge in [-0.15, -0.1) is 11.3 Å². The Morgan fingerprint density at radius 3 is 2.53 bits per heavy atom. The van der Waals surface area contributed by atoms with Gasteiger partial charge in [-0.3, -0.25) is 14.9 Å². The number of nitrogens with one attached hydrogen (secondary N) is 2. The molecular formula is C22H28ClN4O4S+. The summed E-state index contributed by atoms with van der Waals surface area (Å²) in [5, 5.41) is 6.48. The van der Waals surface area contributed by atoms with Crippen LogP contribution in [0.5, 0.6) is 0 Å². The molecule has 0 saturated heterocycles. The van der Waals surface area contributed by atoms with E-state index in [-0.39, 0.29) is 12.1 Å². The van der Waals surface area contributed by atoms with Crippen LogP contribution in [0.4, 0.5) is 15.5 Å². The van der Waals surface area contributed by atoms with Gasteiger partial charge in [0.15, 0.2) is 0 Å². The second-order valence-corrected chi connectivity index (χ2v) is 9.96. The average Bonchev–Trinajstić information content (AvgIpc) is 3.04. The molecule has 1 aliphatic heterocycles. The number of ether oxygens (including phenoxy) is 1. The Hall–Kier alpha value is -2.62. The van der Waals surface area contributed by atoms with Gasteiger partial charge in [0.1, 0.15) is 11.5 Å². The number of hydrogen-bond acceptors (Lipinski definition) is 5. The van der Waals surface area contributed by atoms with Crippen molar-refractivity contribution in [3.63, 3.8) is 0 Å². The summed E-state index contributed by atoms with van der Waals surface area (Å²) in [6.45, 7) is 5.70. The number of esters is 1. The van der Waals surface area contributed by atoms with Gasteiger partial charge >= 0.3 is 12.0 Å². The zero-order valence-electron chi connectivity index (χ0n) is 18.4. The first-order chi connectivity index (χ1) is 15.1. The summed E-state index contributed by atoms with van der Waals surface area (Å²) in [7, 11) is 2.08. The van der Waals surface area contributed by atoms with E-state index >= 15 is 0 Å². The minimum absolute atomic E-state index is 0.135. The van der Waals surface area contributed by atoms with Crippen LogP contribution in [0.1, 0.15) is 41.1 Å². The average molecular weight is 480 g/mol. The van der Waals surface area contributed by atoms with E-state index in [0.717, 1.165) is 17.0 Å². The van der Waals surface area contributed by atoms with Crippen LogP contribution >= 0.6 is 22.9 Å². The summed E-state index contributed by atoms with van der Waals surface area (Å²) in [5.74, 6) is -0.781. The lowest BCUT2D eigenvalue weighted by molar-refractivity contribution is -0.923. The monoisotopic (exact) mass is 479 g/mol. The van der Waals surface area contributed by atoms with E-state index in [1.54, 1.807) is 24.3 Å². The maximum absolute atomic E-state index is 12.5. The first-order valence-electron chi connectivity index (χ1n) is 10.4. The molecule has 1 aliphatic rings. The number of nitrogens with zero attached hydrogens (tertiary/aromatic N) is 1. The topological polar surface area (TPSA) is 111 Å². The lowest BCUT2D eigenvalue weighted by Gasteiger charge is -2.37. The number of quaternary nitrogens is 1. The van der Waals surface area contributed by atoms with Gasteiger partial charge in [-0.05, 0) is 43.7 Å². The number of halogens is 1. The van der Waals surface area contributed by atoms with Gasteiger partial charge < -0.3 is 20.3 Å². The predicted molar refractivity (Wildman–Crippen MR) is 126 cm³/mol. The molecule has 1 aromatic carbocycles. The van der Waals surface area contributed by atoms with Crippen LogP contribution in [-0.4, -0.2) is 48.6 Å². The van der Waals surface area contributed by atoms with Gasteiger partial charge in [0.2, 0.25) is 0 Å². The summed E-state index contributed by atoms with van der Waals surface area (Å²) in [5.41, 5.74) is 7.47. The molecule has 4 N–H and O–H groups in total. The Labute approximate surface area is 196 Å². The van der Waals surface area contributed by atoms with Crippen molar-refractivity contribution in [3.05, 3.63) is 45.3 Å². The number of carbonyl (C=O) groups is 3. The number of hydrogen-bond donors (Lipinski definition) is 3. The molecule has 2 heterocycles. The van der Waals surface area contributed by atoms with E-state index in [0.29, 0.717) is 51.7 Å². The SMILES string of the molecule is CC(C)OC(=O)CC[N+]1(C)CCc2c(sc(NC(=O)Nc3ccc(Cl)cc3)c2C(N)=O)C1. The van der Waals surface area contributed by atoms with E-state index in [2.05, 4.69) is 17.7 Å². The quantitative estimate of drug-likeness (QED) is 0.412. The molecule has 0 saturated carbocycles. The number of rotatable bonds is 7. The molecule has 32 heavy (non-hydrogen) atoms. The van der Waals surface area contributed by atoms with Crippen molar-refractivity contribution in [1.29, 1.82) is 0 Å². The Balaban J connectivity index is 1.72. The number of anilines is 2. The van der Waals surface area contributed by atoms with Gasteiger partial charge in [-0.1, -0.05) is 11.6 Å². The largest absolute Gasteiger partial charge is 0.463 e. The standard InChI is InChI=1S/C22H27ClN4O4S/c1-13(2)31-18(28)9-11-27(3)10-8-16-17(12-27)32-21(19(16)20(24)29)26-22(30)25-15-6-4-14(23)5-7-15/h4-7,13H,8-12H2,1-3H3,(H3-,24,25,26,29,30)/p+1. The van der Waals surface area contributed by atoms with Gasteiger partial charge in [0.25, 0.3) is 5.91 Å². The number of urea groups is 1. The highest BCUT2D eigenvalue weighted by atomic mass is 35.5. The van der Waals surface area contributed by atoms with E-state index in [9.17, 15) is 14.4 Å². The minimum Gasteiger partial charge on any atom is -0.463 e. The summed E-state index contributed by atoms with van der Waals surface area (Å²) in [6.07, 6.45) is 0.830. The molecule has 172 valence electrons. The maximum Gasteiger partial charge on any atom is 0.324 e. The minimum atomic E-state index is -0.569. The molecule has 0 aliphatic carbocycles. The van der Waals surface area contributed by atoms with Crippen LogP contribution in [0.2, 0.25) is 5.02 Å². The van der Waals surface area contributed by atoms with Crippen molar-refractivity contribution in [2.24, 2.45) is 5.73 Å². The molecule has 2 aromatic rings. The van der Waals surface area contributed by atoms with Gasteiger partial charge in [0, 0.05) is 17.1 Å². The molecule has 3 rings (SSSR count). The van der Waals surface area contributed by atoms with Crippen molar-refractivity contribution < 1.29 is 23.6 Å². The molecule has 0 bridgehead atoms. The summed E-state index contributed by atoms with van der Waals surface area (Å²) in [4.78, 5) is 37.6. The van der Waals surface area contributed by atoms with Crippen molar-refractivity contribution in [3.8, 4) is 0 Å². The lowest BCUT2D eigenvalue weighted by Crippen LogP contribution is -2.48. The Morgan fingerprint density at radius 1 is 1.22 bits per heavy atom. The number of fused-ring (bicyclic) bond motifs is 1. The fraction of sp³-hybridized carbons (Fsp3) is 0.409. The van der Waals surface area contributed by atoms with E-state index < -0.39 is 11.9 Å². The number of amides is 3. The second-order valence-electron chi connectivity index (χ2n) is 8.42. The van der Waals surface area contributed by atoms with E-state index in [4.69, 9.17) is 22.1 Å². The molecule has 0 radical (unpaired) electrons. The number of thiophene rings is 1. The highest BCUT2D eigenvalue weighted by molar-refractivity contribution is 7.17. The fourth-order valence-electron chi connectivity index (χ4n) is 3.73. The zero-order valence-corrected chi connectivity index (χ0v) is 19.9. The first-order valence-corrected chi connectivity index (χ1v) is 11.6. The smallest absolute Gasteiger partial charge is 0.324 e.